The fourth-order valence-corrected chi connectivity index (χ4v) is 3.54. The van der Waals surface area contributed by atoms with Gasteiger partial charge in [-0.15, -0.1) is 11.3 Å². The highest BCUT2D eigenvalue weighted by Gasteiger charge is 2.11. The molecule has 0 aliphatic carbocycles. The van der Waals surface area contributed by atoms with Gasteiger partial charge in [-0.1, -0.05) is 13.0 Å². The lowest BCUT2D eigenvalue weighted by molar-refractivity contribution is 0.103. The zero-order valence-corrected chi connectivity index (χ0v) is 14.1. The normalized spacial score (nSPS) is 10.9. The predicted molar refractivity (Wildman–Crippen MR) is 95.7 cm³/mol. The number of fused-ring (bicyclic) bond motifs is 1. The zero-order chi connectivity index (χ0) is 16.6. The van der Waals surface area contributed by atoms with E-state index in [-0.39, 0.29) is 11.5 Å². The Morgan fingerprint density at radius 3 is 2.70 bits per heavy atom. The van der Waals surface area contributed by atoms with Crippen molar-refractivity contribution >= 4 is 33.8 Å². The Morgan fingerprint density at radius 2 is 2.04 bits per heavy atom. The van der Waals surface area contributed by atoms with E-state index in [4.69, 9.17) is 0 Å². The number of carbonyl (C=O) groups excluding carboxylic acids is 1. The molecule has 0 aliphatic rings. The summed E-state index contributed by atoms with van der Waals surface area (Å²) < 4.78 is 0. The number of aromatic nitrogens is 1. The summed E-state index contributed by atoms with van der Waals surface area (Å²) in [6.07, 6.45) is 0.702. The monoisotopic (exact) mass is 326 g/mol. The van der Waals surface area contributed by atoms with Crippen molar-refractivity contribution in [3.8, 4) is 0 Å². The molecular weight excluding hydrogens is 308 g/mol. The van der Waals surface area contributed by atoms with Crippen molar-refractivity contribution in [3.05, 3.63) is 61.6 Å². The summed E-state index contributed by atoms with van der Waals surface area (Å²) in [5.74, 6) is -0.133. The summed E-state index contributed by atoms with van der Waals surface area (Å²) in [7, 11) is 0. The van der Waals surface area contributed by atoms with Gasteiger partial charge in [0.05, 0.1) is 10.4 Å². The van der Waals surface area contributed by atoms with Crippen LogP contribution in [0.2, 0.25) is 0 Å². The van der Waals surface area contributed by atoms with Gasteiger partial charge in [-0.3, -0.25) is 9.59 Å². The number of anilines is 1. The van der Waals surface area contributed by atoms with E-state index in [1.165, 1.54) is 11.3 Å². The number of hydrogen-bond donors (Lipinski definition) is 2. The molecule has 0 radical (unpaired) electrons. The number of thiophene rings is 1. The average Bonchev–Trinajstić information content (AvgIpc) is 2.94. The van der Waals surface area contributed by atoms with E-state index < -0.39 is 0 Å². The van der Waals surface area contributed by atoms with Crippen molar-refractivity contribution in [3.63, 3.8) is 0 Å². The molecule has 2 N–H and O–H groups in total. The lowest BCUT2D eigenvalue weighted by Gasteiger charge is -2.09. The molecule has 4 nitrogen and oxygen atoms in total. The van der Waals surface area contributed by atoms with E-state index in [1.54, 1.807) is 0 Å². The van der Waals surface area contributed by atoms with Gasteiger partial charge >= 0.3 is 0 Å². The number of hydrogen-bond acceptors (Lipinski definition) is 3. The van der Waals surface area contributed by atoms with Crippen molar-refractivity contribution in [2.75, 3.05) is 5.32 Å². The van der Waals surface area contributed by atoms with Crippen LogP contribution in [0.15, 0.2) is 34.4 Å². The molecule has 0 atom stereocenters. The molecule has 0 bridgehead atoms. The van der Waals surface area contributed by atoms with Gasteiger partial charge in [-0.05, 0) is 55.0 Å². The molecule has 5 heteroatoms. The lowest BCUT2D eigenvalue weighted by Crippen LogP contribution is -2.14. The van der Waals surface area contributed by atoms with Crippen LogP contribution in [0.1, 0.15) is 33.3 Å². The van der Waals surface area contributed by atoms with E-state index in [0.717, 1.165) is 27.6 Å². The van der Waals surface area contributed by atoms with Crippen LogP contribution in [0.3, 0.4) is 0 Å². The highest BCUT2D eigenvalue weighted by molar-refractivity contribution is 7.12. The molecule has 0 fully saturated rings. The third kappa shape index (κ3) is 2.92. The van der Waals surface area contributed by atoms with Crippen molar-refractivity contribution < 1.29 is 4.79 Å². The minimum atomic E-state index is -0.133. The Hall–Kier alpha value is -2.40. The van der Waals surface area contributed by atoms with Gasteiger partial charge in [0, 0.05) is 16.6 Å². The van der Waals surface area contributed by atoms with E-state index in [0.29, 0.717) is 17.0 Å². The summed E-state index contributed by atoms with van der Waals surface area (Å²) in [6, 6.07) is 7.47. The Kier molecular flexibility index (Phi) is 4.05. The molecule has 23 heavy (non-hydrogen) atoms. The van der Waals surface area contributed by atoms with Crippen molar-refractivity contribution in [2.45, 2.75) is 27.2 Å². The first-order chi connectivity index (χ1) is 11.0. The maximum absolute atomic E-state index is 12.2. The van der Waals surface area contributed by atoms with E-state index >= 15 is 0 Å². The largest absolute Gasteiger partial charge is 0.322 e. The number of amides is 1. The molecule has 3 aromatic rings. The Labute approximate surface area is 138 Å². The van der Waals surface area contributed by atoms with E-state index in [1.807, 2.05) is 50.4 Å². The highest BCUT2D eigenvalue weighted by Crippen LogP contribution is 2.22. The summed E-state index contributed by atoms with van der Waals surface area (Å²) in [5, 5.41) is 5.83. The first kappa shape index (κ1) is 15.5. The second-order valence-electron chi connectivity index (χ2n) is 5.61. The molecule has 2 aromatic heterocycles. The molecule has 0 aliphatic heterocycles. The minimum Gasteiger partial charge on any atom is -0.322 e. The second-order valence-corrected chi connectivity index (χ2v) is 6.53. The number of H-pyrrole nitrogens is 1. The van der Waals surface area contributed by atoms with Crippen LogP contribution in [0.5, 0.6) is 0 Å². The smallest absolute Gasteiger partial charge is 0.265 e. The predicted octanol–water partition coefficient (Wildman–Crippen LogP) is 4.02. The van der Waals surface area contributed by atoms with Crippen LogP contribution in [-0.4, -0.2) is 10.9 Å². The van der Waals surface area contributed by atoms with E-state index in [9.17, 15) is 9.59 Å². The molecule has 2 heterocycles. The van der Waals surface area contributed by atoms with Gasteiger partial charge < -0.3 is 10.3 Å². The number of benzene rings is 1. The number of rotatable bonds is 3. The van der Waals surface area contributed by atoms with Crippen molar-refractivity contribution in [1.82, 2.24) is 4.98 Å². The quantitative estimate of drug-likeness (QED) is 0.763. The third-order valence-electron chi connectivity index (χ3n) is 3.96. The van der Waals surface area contributed by atoms with Crippen LogP contribution in [0, 0.1) is 13.8 Å². The maximum atomic E-state index is 12.2. The van der Waals surface area contributed by atoms with Gasteiger partial charge in [-0.2, -0.15) is 0 Å². The minimum absolute atomic E-state index is 0.0603. The molecule has 3 rings (SSSR count). The Balaban J connectivity index is 1.97. The Morgan fingerprint density at radius 1 is 1.26 bits per heavy atom. The summed E-state index contributed by atoms with van der Waals surface area (Å²) in [5.41, 5.74) is 4.24. The van der Waals surface area contributed by atoms with Crippen LogP contribution in [0.25, 0.3) is 10.9 Å². The van der Waals surface area contributed by atoms with Crippen LogP contribution >= 0.6 is 11.3 Å². The standard InChI is InChI=1S/C18H18N2O2S/c1-4-13-11(3)14-6-5-12(8-15(14)20-17(13)21)19-18(22)16-7-10(2)9-23-16/h5-9H,4H2,1-3H3,(H,19,22)(H,20,21). The van der Waals surface area contributed by atoms with Gasteiger partial charge in [0.2, 0.25) is 0 Å². The Bertz CT molecular complexity index is 953. The first-order valence-electron chi connectivity index (χ1n) is 7.51. The zero-order valence-electron chi connectivity index (χ0n) is 13.3. The first-order valence-corrected chi connectivity index (χ1v) is 8.39. The number of carbonyl (C=O) groups is 1. The number of aromatic amines is 1. The lowest BCUT2D eigenvalue weighted by atomic mass is 10.0. The van der Waals surface area contributed by atoms with Gasteiger partial charge in [0.25, 0.3) is 11.5 Å². The summed E-state index contributed by atoms with van der Waals surface area (Å²) >= 11 is 1.42. The average molecular weight is 326 g/mol. The maximum Gasteiger partial charge on any atom is 0.265 e. The highest BCUT2D eigenvalue weighted by atomic mass is 32.1. The second kappa shape index (κ2) is 6.01. The summed E-state index contributed by atoms with van der Waals surface area (Å²) in [4.78, 5) is 27.9. The van der Waals surface area contributed by atoms with Crippen LogP contribution < -0.4 is 10.9 Å². The molecule has 1 aromatic carbocycles. The van der Waals surface area contributed by atoms with Gasteiger partial charge in [0.1, 0.15) is 0 Å². The SMILES string of the molecule is CCc1c(C)c2ccc(NC(=O)c3cc(C)cs3)cc2[nH]c1=O. The molecule has 118 valence electrons. The molecule has 0 spiro atoms. The molecule has 1 amide bonds. The van der Waals surface area contributed by atoms with Crippen LogP contribution in [-0.2, 0) is 6.42 Å². The number of nitrogens with one attached hydrogen (secondary N) is 2. The third-order valence-corrected chi connectivity index (χ3v) is 5.01. The summed E-state index contributed by atoms with van der Waals surface area (Å²) in [6.45, 7) is 5.90. The van der Waals surface area contributed by atoms with E-state index in [2.05, 4.69) is 10.3 Å². The topological polar surface area (TPSA) is 62.0 Å². The van der Waals surface area contributed by atoms with Gasteiger partial charge in [-0.25, -0.2) is 0 Å². The van der Waals surface area contributed by atoms with Crippen LogP contribution in [0.4, 0.5) is 5.69 Å². The van der Waals surface area contributed by atoms with Crippen molar-refractivity contribution in [2.24, 2.45) is 0 Å². The van der Waals surface area contributed by atoms with Gasteiger partial charge in [0.15, 0.2) is 0 Å². The molecular formula is C18H18N2O2S. The number of aryl methyl sites for hydroxylation is 2. The molecule has 0 unspecified atom stereocenters. The fourth-order valence-electron chi connectivity index (χ4n) is 2.75. The molecule has 0 saturated heterocycles. The number of pyridine rings is 1. The molecule has 0 saturated carbocycles. The fraction of sp³-hybridized carbons (Fsp3) is 0.222. The van der Waals surface area contributed by atoms with Crippen molar-refractivity contribution in [1.29, 1.82) is 0 Å².